The van der Waals surface area contributed by atoms with Crippen molar-refractivity contribution in [3.63, 3.8) is 0 Å². The number of imide groups is 1. The molecule has 11 nitrogen and oxygen atoms in total. The molecule has 1 fully saturated rings. The molecule has 1 heterocycles. The van der Waals surface area contributed by atoms with E-state index in [2.05, 4.69) is 10.6 Å². The highest BCUT2D eigenvalue weighted by atomic mass is 16.5. The number of nitrogens with zero attached hydrogens (tertiary/aromatic N) is 1. The lowest BCUT2D eigenvalue weighted by molar-refractivity contribution is -0.139. The standard InChI is InChI=1S/C25H43N3O8/c1-21-19-24(32)28(25(21)33)12-7-4-5-9-22(30)27-11-14-34-15-16-35-17-18-36-20-23(31)26-10-6-2-3-8-13-29/h13,21H,2-12,14-20H2,1H3,(H,26,31)(H,27,30). The second-order valence-electron chi connectivity index (χ2n) is 8.79. The first kappa shape index (κ1) is 31.7. The molecule has 1 atom stereocenters. The van der Waals surface area contributed by atoms with Gasteiger partial charge < -0.3 is 29.6 Å². The summed E-state index contributed by atoms with van der Waals surface area (Å²) in [4.78, 5) is 58.5. The molecular formula is C25H43N3O8. The molecule has 2 N–H and O–H groups in total. The summed E-state index contributed by atoms with van der Waals surface area (Å²) < 4.78 is 16.0. The first-order chi connectivity index (χ1) is 17.5. The minimum absolute atomic E-state index is 0.00896. The van der Waals surface area contributed by atoms with Crippen molar-refractivity contribution in [2.24, 2.45) is 5.92 Å². The molecule has 1 saturated heterocycles. The predicted molar refractivity (Wildman–Crippen MR) is 132 cm³/mol. The maximum atomic E-state index is 11.8. The molecule has 0 aliphatic carbocycles. The van der Waals surface area contributed by atoms with Crippen LogP contribution < -0.4 is 10.6 Å². The minimum Gasteiger partial charge on any atom is -0.377 e. The normalized spacial score (nSPS) is 15.4. The van der Waals surface area contributed by atoms with Gasteiger partial charge in [-0.1, -0.05) is 19.8 Å². The molecule has 11 heteroatoms. The molecule has 36 heavy (non-hydrogen) atoms. The molecule has 0 aromatic carbocycles. The summed E-state index contributed by atoms with van der Waals surface area (Å²) in [6, 6.07) is 0. The Labute approximate surface area is 213 Å². The molecule has 0 aromatic heterocycles. The first-order valence-corrected chi connectivity index (χ1v) is 13.0. The van der Waals surface area contributed by atoms with E-state index in [1.54, 1.807) is 6.92 Å². The lowest BCUT2D eigenvalue weighted by atomic mass is 10.1. The van der Waals surface area contributed by atoms with E-state index in [0.29, 0.717) is 84.8 Å². The number of nitrogens with one attached hydrogen (secondary N) is 2. The van der Waals surface area contributed by atoms with Gasteiger partial charge in [-0.3, -0.25) is 24.1 Å². The van der Waals surface area contributed by atoms with E-state index in [0.717, 1.165) is 32.0 Å². The topological polar surface area (TPSA) is 140 Å². The average molecular weight is 514 g/mol. The Hall–Kier alpha value is -2.37. The van der Waals surface area contributed by atoms with Crippen molar-refractivity contribution in [1.29, 1.82) is 0 Å². The van der Waals surface area contributed by atoms with Gasteiger partial charge in [-0.15, -0.1) is 0 Å². The second kappa shape index (κ2) is 20.8. The highest BCUT2D eigenvalue weighted by Crippen LogP contribution is 2.19. The highest BCUT2D eigenvalue weighted by molar-refractivity contribution is 6.03. The van der Waals surface area contributed by atoms with Crippen LogP contribution in [0.1, 0.15) is 64.7 Å². The van der Waals surface area contributed by atoms with Crippen LogP contribution in [0, 0.1) is 5.92 Å². The molecule has 0 bridgehead atoms. The molecule has 1 aliphatic heterocycles. The van der Waals surface area contributed by atoms with Gasteiger partial charge in [-0.05, 0) is 25.7 Å². The van der Waals surface area contributed by atoms with Gasteiger partial charge in [0, 0.05) is 44.8 Å². The van der Waals surface area contributed by atoms with Crippen molar-refractivity contribution < 1.29 is 38.2 Å². The number of hydrogen-bond acceptors (Lipinski definition) is 8. The monoisotopic (exact) mass is 513 g/mol. The van der Waals surface area contributed by atoms with Gasteiger partial charge in [-0.2, -0.15) is 0 Å². The van der Waals surface area contributed by atoms with Crippen LogP contribution in [0.5, 0.6) is 0 Å². The van der Waals surface area contributed by atoms with Crippen LogP contribution in [0.15, 0.2) is 0 Å². The lowest BCUT2D eigenvalue weighted by Gasteiger charge is -2.13. The van der Waals surface area contributed by atoms with Gasteiger partial charge in [0.05, 0.1) is 33.0 Å². The molecule has 206 valence electrons. The molecule has 0 spiro atoms. The molecular weight excluding hydrogens is 470 g/mol. The number of aldehydes is 1. The summed E-state index contributed by atoms with van der Waals surface area (Å²) in [5, 5.41) is 5.56. The summed E-state index contributed by atoms with van der Waals surface area (Å²) in [5.41, 5.74) is 0. The SMILES string of the molecule is CC1CC(=O)N(CCCCCC(=O)NCCOCCOCCOCC(=O)NCCCCCC=O)C1=O. The van der Waals surface area contributed by atoms with E-state index in [4.69, 9.17) is 14.2 Å². The van der Waals surface area contributed by atoms with Gasteiger partial charge in [-0.25, -0.2) is 0 Å². The van der Waals surface area contributed by atoms with Crippen LogP contribution in [-0.2, 0) is 38.2 Å². The number of likely N-dealkylation sites (tertiary alicyclic amines) is 1. The van der Waals surface area contributed by atoms with Crippen molar-refractivity contribution in [3.05, 3.63) is 0 Å². The van der Waals surface area contributed by atoms with Crippen LogP contribution in [0.25, 0.3) is 0 Å². The van der Waals surface area contributed by atoms with Gasteiger partial charge in [0.1, 0.15) is 12.9 Å². The van der Waals surface area contributed by atoms with E-state index in [9.17, 15) is 24.0 Å². The zero-order chi connectivity index (χ0) is 26.4. The van der Waals surface area contributed by atoms with Gasteiger partial charge in [0.2, 0.25) is 23.6 Å². The van der Waals surface area contributed by atoms with E-state index < -0.39 is 0 Å². The summed E-state index contributed by atoms with van der Waals surface area (Å²) in [5.74, 6) is -0.610. The molecule has 0 radical (unpaired) electrons. The van der Waals surface area contributed by atoms with Crippen LogP contribution in [0.2, 0.25) is 0 Å². The minimum atomic E-state index is -0.210. The number of hydrogen-bond donors (Lipinski definition) is 2. The maximum Gasteiger partial charge on any atom is 0.245 e. The Bertz CT molecular complexity index is 674. The molecule has 0 aromatic rings. The summed E-state index contributed by atoms with van der Waals surface area (Å²) in [6.07, 6.45) is 6.98. The molecule has 1 rings (SSSR count). The van der Waals surface area contributed by atoms with Crippen LogP contribution >= 0.6 is 0 Å². The van der Waals surface area contributed by atoms with E-state index in [-0.39, 0.29) is 36.2 Å². The fraction of sp³-hybridized carbons (Fsp3) is 0.800. The third-order valence-electron chi connectivity index (χ3n) is 5.62. The van der Waals surface area contributed by atoms with Gasteiger partial charge >= 0.3 is 0 Å². The third-order valence-corrected chi connectivity index (χ3v) is 5.62. The smallest absolute Gasteiger partial charge is 0.245 e. The summed E-state index contributed by atoms with van der Waals surface area (Å²) in [6.45, 7) is 5.05. The van der Waals surface area contributed by atoms with Crippen molar-refractivity contribution in [3.8, 4) is 0 Å². The van der Waals surface area contributed by atoms with Crippen molar-refractivity contribution in [2.45, 2.75) is 64.7 Å². The Morgan fingerprint density at radius 3 is 2.22 bits per heavy atom. The van der Waals surface area contributed by atoms with E-state index in [1.165, 1.54) is 4.90 Å². The fourth-order valence-corrected chi connectivity index (χ4v) is 3.58. The largest absolute Gasteiger partial charge is 0.377 e. The van der Waals surface area contributed by atoms with Gasteiger partial charge in [0.25, 0.3) is 0 Å². The lowest BCUT2D eigenvalue weighted by Crippen LogP contribution is -2.31. The molecule has 4 amide bonds. The second-order valence-corrected chi connectivity index (χ2v) is 8.79. The van der Waals surface area contributed by atoms with Crippen LogP contribution in [0.3, 0.4) is 0 Å². The average Bonchev–Trinajstić information content (AvgIpc) is 3.10. The van der Waals surface area contributed by atoms with Crippen LogP contribution in [-0.4, -0.2) is 94.1 Å². The fourth-order valence-electron chi connectivity index (χ4n) is 3.58. The summed E-state index contributed by atoms with van der Waals surface area (Å²) in [7, 11) is 0. The number of rotatable bonds is 23. The van der Waals surface area contributed by atoms with E-state index in [1.807, 2.05) is 0 Å². The Balaban J connectivity index is 1.81. The number of unbranched alkanes of at least 4 members (excludes halogenated alkanes) is 5. The number of carbonyl (C=O) groups is 5. The van der Waals surface area contributed by atoms with Crippen LogP contribution in [0.4, 0.5) is 0 Å². The van der Waals surface area contributed by atoms with Crippen molar-refractivity contribution in [1.82, 2.24) is 15.5 Å². The first-order valence-electron chi connectivity index (χ1n) is 13.0. The van der Waals surface area contributed by atoms with Gasteiger partial charge in [0.15, 0.2) is 0 Å². The number of amides is 4. The third kappa shape index (κ3) is 15.6. The Kier molecular flexibility index (Phi) is 18.3. The Morgan fingerprint density at radius 2 is 1.53 bits per heavy atom. The molecule has 0 saturated carbocycles. The predicted octanol–water partition coefficient (Wildman–Crippen LogP) is 0.983. The quantitative estimate of drug-likeness (QED) is 0.117. The molecule has 1 aliphatic rings. The highest BCUT2D eigenvalue weighted by Gasteiger charge is 2.34. The van der Waals surface area contributed by atoms with Crippen molar-refractivity contribution in [2.75, 3.05) is 59.3 Å². The molecule has 1 unspecified atom stereocenters. The zero-order valence-electron chi connectivity index (χ0n) is 21.6. The van der Waals surface area contributed by atoms with Crippen molar-refractivity contribution >= 4 is 29.9 Å². The zero-order valence-corrected chi connectivity index (χ0v) is 21.6. The summed E-state index contributed by atoms with van der Waals surface area (Å²) >= 11 is 0. The Morgan fingerprint density at radius 1 is 0.861 bits per heavy atom. The maximum absolute atomic E-state index is 11.8. The van der Waals surface area contributed by atoms with E-state index >= 15 is 0 Å². The number of ether oxygens (including phenoxy) is 3. The number of carbonyl (C=O) groups excluding carboxylic acids is 5.